The van der Waals surface area contributed by atoms with E-state index >= 15 is 0 Å². The van der Waals surface area contributed by atoms with Gasteiger partial charge in [-0.3, -0.25) is 4.79 Å². The van der Waals surface area contributed by atoms with Gasteiger partial charge in [-0.1, -0.05) is 5.21 Å². The summed E-state index contributed by atoms with van der Waals surface area (Å²) in [5.74, 6) is -5.11. The smallest absolute Gasteiger partial charge is 0.257 e. The van der Waals surface area contributed by atoms with Crippen LogP contribution in [0, 0.1) is 17.5 Å². The zero-order chi connectivity index (χ0) is 17.7. The predicted molar refractivity (Wildman–Crippen MR) is 79.8 cm³/mol. The molecule has 0 bridgehead atoms. The molecule has 4 rings (SSSR count). The van der Waals surface area contributed by atoms with E-state index in [1.807, 2.05) is 6.20 Å². The molecular weight excluding hydrogens is 337 g/mol. The summed E-state index contributed by atoms with van der Waals surface area (Å²) in [6.45, 7) is 0.597. The molecule has 25 heavy (non-hydrogen) atoms. The van der Waals surface area contributed by atoms with E-state index in [1.165, 1.54) is 4.90 Å². The first-order valence-electron chi connectivity index (χ1n) is 7.92. The van der Waals surface area contributed by atoms with Crippen molar-refractivity contribution in [3.8, 4) is 5.75 Å². The Hall–Kier alpha value is -2.58. The van der Waals surface area contributed by atoms with Gasteiger partial charge < -0.3 is 9.64 Å². The lowest BCUT2D eigenvalue weighted by Gasteiger charge is -2.38. The highest BCUT2D eigenvalue weighted by Gasteiger charge is 2.36. The third-order valence-corrected chi connectivity index (χ3v) is 4.60. The lowest BCUT2D eigenvalue weighted by atomic mass is 10.1. The standard InChI is InChI=1S/C16H15F3N4O2/c1-25-15-13(18)10(4-11(17)14(15)19)16(24)22-5-9(6-22)23-7-12(20-21-23)8-2-3-8/h4,7-9H,2-3,5-6H2,1H3. The van der Waals surface area contributed by atoms with Crippen molar-refractivity contribution in [2.75, 3.05) is 20.2 Å². The summed E-state index contributed by atoms with van der Waals surface area (Å²) < 4.78 is 47.4. The van der Waals surface area contributed by atoms with Gasteiger partial charge in [0.15, 0.2) is 17.4 Å². The molecule has 1 saturated carbocycles. The van der Waals surface area contributed by atoms with Crippen LogP contribution < -0.4 is 4.74 Å². The second-order valence-corrected chi connectivity index (χ2v) is 6.33. The highest BCUT2D eigenvalue weighted by Crippen LogP contribution is 2.39. The van der Waals surface area contributed by atoms with Crippen LogP contribution in [-0.4, -0.2) is 46.0 Å². The van der Waals surface area contributed by atoms with Gasteiger partial charge in [0.2, 0.25) is 5.82 Å². The molecule has 1 aliphatic heterocycles. The van der Waals surface area contributed by atoms with Gasteiger partial charge in [0, 0.05) is 25.2 Å². The SMILES string of the molecule is COc1c(F)c(F)cc(C(=O)N2CC(n3cc(C4CC4)nn3)C2)c1F. The summed E-state index contributed by atoms with van der Waals surface area (Å²) in [7, 11) is 1.01. The van der Waals surface area contributed by atoms with Crippen molar-refractivity contribution in [2.45, 2.75) is 24.8 Å². The molecule has 132 valence electrons. The number of ether oxygens (including phenoxy) is 1. The Morgan fingerprint density at radius 3 is 2.60 bits per heavy atom. The van der Waals surface area contributed by atoms with Crippen molar-refractivity contribution in [3.05, 3.63) is 41.0 Å². The lowest BCUT2D eigenvalue weighted by molar-refractivity contribution is 0.0492. The fourth-order valence-electron chi connectivity index (χ4n) is 2.91. The molecule has 1 aromatic carbocycles. The second-order valence-electron chi connectivity index (χ2n) is 6.33. The van der Waals surface area contributed by atoms with E-state index in [4.69, 9.17) is 0 Å². The molecule has 0 radical (unpaired) electrons. The van der Waals surface area contributed by atoms with Gasteiger partial charge in [-0.2, -0.15) is 4.39 Å². The molecule has 6 nitrogen and oxygen atoms in total. The maximum atomic E-state index is 14.2. The van der Waals surface area contributed by atoms with Crippen LogP contribution in [0.2, 0.25) is 0 Å². The van der Waals surface area contributed by atoms with Crippen LogP contribution in [0.3, 0.4) is 0 Å². The zero-order valence-corrected chi connectivity index (χ0v) is 13.4. The van der Waals surface area contributed by atoms with E-state index in [0.717, 1.165) is 25.6 Å². The number of carbonyl (C=O) groups is 1. The van der Waals surface area contributed by atoms with Crippen LogP contribution in [0.1, 0.15) is 40.9 Å². The van der Waals surface area contributed by atoms with Crippen LogP contribution in [0.4, 0.5) is 13.2 Å². The van der Waals surface area contributed by atoms with Crippen molar-refractivity contribution >= 4 is 5.91 Å². The summed E-state index contributed by atoms with van der Waals surface area (Å²) >= 11 is 0. The molecule has 9 heteroatoms. The Bertz CT molecular complexity index is 844. The number of hydrogen-bond acceptors (Lipinski definition) is 4. The zero-order valence-electron chi connectivity index (χ0n) is 13.4. The number of aromatic nitrogens is 3. The van der Waals surface area contributed by atoms with Crippen molar-refractivity contribution in [2.24, 2.45) is 0 Å². The topological polar surface area (TPSA) is 60.2 Å². The van der Waals surface area contributed by atoms with Gasteiger partial charge in [0.25, 0.3) is 5.91 Å². The molecule has 0 spiro atoms. The minimum absolute atomic E-state index is 0.0563. The number of hydrogen-bond donors (Lipinski definition) is 0. The summed E-state index contributed by atoms with van der Waals surface area (Å²) in [5.41, 5.74) is 0.396. The third-order valence-electron chi connectivity index (χ3n) is 4.60. The second kappa shape index (κ2) is 5.75. The lowest BCUT2D eigenvalue weighted by Crippen LogP contribution is -2.51. The van der Waals surface area contributed by atoms with E-state index in [-0.39, 0.29) is 6.04 Å². The summed E-state index contributed by atoms with van der Waals surface area (Å²) in [6, 6.07) is 0.503. The van der Waals surface area contributed by atoms with Gasteiger partial charge in [-0.25, -0.2) is 13.5 Å². The Morgan fingerprint density at radius 1 is 1.24 bits per heavy atom. The van der Waals surface area contributed by atoms with Gasteiger partial charge in [0.05, 0.1) is 24.4 Å². The first kappa shape index (κ1) is 15.9. The minimum Gasteiger partial charge on any atom is -0.491 e. The van der Waals surface area contributed by atoms with Crippen molar-refractivity contribution in [3.63, 3.8) is 0 Å². The molecule has 2 heterocycles. The van der Waals surface area contributed by atoms with E-state index in [0.29, 0.717) is 25.1 Å². The summed E-state index contributed by atoms with van der Waals surface area (Å²) in [6.07, 6.45) is 4.10. The molecule has 1 aliphatic carbocycles. The Morgan fingerprint density at radius 2 is 1.96 bits per heavy atom. The first-order chi connectivity index (χ1) is 12.0. The van der Waals surface area contributed by atoms with Gasteiger partial charge in [-0.15, -0.1) is 5.10 Å². The average Bonchev–Trinajstić information content (AvgIpc) is 3.29. The number of nitrogens with zero attached hydrogens (tertiary/aromatic N) is 4. The van der Waals surface area contributed by atoms with Crippen molar-refractivity contribution in [1.29, 1.82) is 0 Å². The molecule has 1 saturated heterocycles. The summed E-state index contributed by atoms with van der Waals surface area (Å²) in [4.78, 5) is 13.7. The predicted octanol–water partition coefficient (Wildman–Crippen LogP) is 2.28. The Labute approximate surface area is 141 Å². The summed E-state index contributed by atoms with van der Waals surface area (Å²) in [5, 5.41) is 8.17. The molecule has 1 aromatic heterocycles. The largest absolute Gasteiger partial charge is 0.491 e. The molecule has 2 fully saturated rings. The van der Waals surface area contributed by atoms with Crippen molar-refractivity contribution in [1.82, 2.24) is 19.9 Å². The average molecular weight is 352 g/mol. The molecule has 2 aromatic rings. The van der Waals surface area contributed by atoms with Crippen LogP contribution in [-0.2, 0) is 0 Å². The Kier molecular flexibility index (Phi) is 3.66. The number of amides is 1. The molecule has 0 unspecified atom stereocenters. The van der Waals surface area contributed by atoms with E-state index in [9.17, 15) is 18.0 Å². The number of carbonyl (C=O) groups excluding carboxylic acids is 1. The number of rotatable bonds is 4. The van der Waals surface area contributed by atoms with E-state index in [1.54, 1.807) is 4.68 Å². The maximum absolute atomic E-state index is 14.2. The quantitative estimate of drug-likeness (QED) is 0.792. The van der Waals surface area contributed by atoms with Crippen LogP contribution in [0.15, 0.2) is 12.3 Å². The number of benzene rings is 1. The number of likely N-dealkylation sites (tertiary alicyclic amines) is 1. The highest BCUT2D eigenvalue weighted by atomic mass is 19.2. The Balaban J connectivity index is 1.48. The monoisotopic (exact) mass is 352 g/mol. The van der Waals surface area contributed by atoms with Gasteiger partial charge >= 0.3 is 0 Å². The minimum atomic E-state index is -1.45. The molecule has 0 atom stereocenters. The van der Waals surface area contributed by atoms with Crippen LogP contribution >= 0.6 is 0 Å². The normalized spacial score (nSPS) is 17.5. The number of methoxy groups -OCH3 is 1. The van der Waals surface area contributed by atoms with E-state index in [2.05, 4.69) is 15.0 Å². The van der Waals surface area contributed by atoms with Crippen molar-refractivity contribution < 1.29 is 22.7 Å². The van der Waals surface area contributed by atoms with Gasteiger partial charge in [0.1, 0.15) is 0 Å². The van der Waals surface area contributed by atoms with Crippen LogP contribution in [0.25, 0.3) is 0 Å². The fraction of sp³-hybridized carbons (Fsp3) is 0.438. The molecule has 1 amide bonds. The fourth-order valence-corrected chi connectivity index (χ4v) is 2.91. The highest BCUT2D eigenvalue weighted by molar-refractivity contribution is 5.95. The van der Waals surface area contributed by atoms with Gasteiger partial charge in [-0.05, 0) is 18.9 Å². The third kappa shape index (κ3) is 2.63. The molecule has 2 aliphatic rings. The van der Waals surface area contributed by atoms with Crippen LogP contribution in [0.5, 0.6) is 5.75 Å². The first-order valence-corrected chi connectivity index (χ1v) is 7.92. The molecule has 0 N–H and O–H groups in total. The molecular formula is C16H15F3N4O2. The number of halogens is 3. The maximum Gasteiger partial charge on any atom is 0.257 e. The van der Waals surface area contributed by atoms with E-state index < -0.39 is 34.7 Å².